The highest BCUT2D eigenvalue weighted by atomic mass is 19.1. The summed E-state index contributed by atoms with van der Waals surface area (Å²) >= 11 is 0. The maximum atomic E-state index is 14.7. The van der Waals surface area contributed by atoms with E-state index in [0.717, 1.165) is 58.7 Å². The van der Waals surface area contributed by atoms with Gasteiger partial charge in [-0.2, -0.15) is 5.10 Å². The topological polar surface area (TPSA) is 98.9 Å². The summed E-state index contributed by atoms with van der Waals surface area (Å²) in [5, 5.41) is 7.62. The number of fused-ring (bicyclic) bond motifs is 2. The molecule has 0 unspecified atom stereocenters. The molecule has 0 aliphatic carbocycles. The van der Waals surface area contributed by atoms with Crippen LogP contribution in [0.15, 0.2) is 67.0 Å². The van der Waals surface area contributed by atoms with Gasteiger partial charge in [-0.05, 0) is 67.9 Å². The quantitative estimate of drug-likeness (QED) is 0.238. The van der Waals surface area contributed by atoms with Gasteiger partial charge < -0.3 is 14.6 Å². The van der Waals surface area contributed by atoms with Crippen LogP contribution in [0.3, 0.4) is 0 Å². The second kappa shape index (κ2) is 10.9. The van der Waals surface area contributed by atoms with Crippen LogP contribution in [-0.4, -0.2) is 75.4 Å². The fourth-order valence-electron chi connectivity index (χ4n) is 5.51. The molecule has 4 aromatic heterocycles. The summed E-state index contributed by atoms with van der Waals surface area (Å²) < 4.78 is 20.7. The van der Waals surface area contributed by atoms with Crippen molar-refractivity contribution in [3.05, 3.63) is 72.8 Å². The summed E-state index contributed by atoms with van der Waals surface area (Å²) in [5.74, 6) is 0.742. The molecule has 1 aliphatic heterocycles. The number of aromatic nitrogens is 6. The number of ether oxygens (including phenoxy) is 1. The number of halogens is 1. The minimum absolute atomic E-state index is 0.348. The number of para-hydroxylation sites is 1. The minimum Gasteiger partial charge on any atom is -0.492 e. The number of pyridine rings is 2. The van der Waals surface area contributed by atoms with Crippen LogP contribution < -0.4 is 9.64 Å². The Kier molecular flexibility index (Phi) is 6.75. The van der Waals surface area contributed by atoms with Crippen LogP contribution >= 0.6 is 0 Å². The fourth-order valence-corrected chi connectivity index (χ4v) is 5.51. The van der Waals surface area contributed by atoms with Gasteiger partial charge in [0.1, 0.15) is 23.7 Å². The SMILES string of the molecule is CN(C)c1cncc(-c2ccc3[nH]nc(-c4nc5c(-c6cc(F)cc(OCCN7CCCC7)c6)cccc5[nH]4)c3n2)c1. The van der Waals surface area contributed by atoms with E-state index in [1.54, 1.807) is 6.20 Å². The molecule has 5 heterocycles. The van der Waals surface area contributed by atoms with Crippen LogP contribution in [0.1, 0.15) is 12.8 Å². The van der Waals surface area contributed by atoms with Gasteiger partial charge in [0.2, 0.25) is 0 Å². The molecule has 212 valence electrons. The van der Waals surface area contributed by atoms with Crippen LogP contribution in [0.2, 0.25) is 0 Å². The van der Waals surface area contributed by atoms with Crippen molar-refractivity contribution in [1.82, 2.24) is 35.0 Å². The second-order valence-electron chi connectivity index (χ2n) is 10.9. The lowest BCUT2D eigenvalue weighted by molar-refractivity contribution is 0.237. The van der Waals surface area contributed by atoms with Crippen LogP contribution in [0.25, 0.3) is 56.0 Å². The molecule has 6 aromatic rings. The Hall–Kier alpha value is -4.83. The summed E-state index contributed by atoms with van der Waals surface area (Å²) in [6.07, 6.45) is 6.08. The summed E-state index contributed by atoms with van der Waals surface area (Å²) in [7, 11) is 3.96. The fraction of sp³-hybridized carbons (Fsp3) is 0.250. The van der Waals surface area contributed by atoms with E-state index in [0.29, 0.717) is 35.0 Å². The highest BCUT2D eigenvalue weighted by Gasteiger charge is 2.18. The average molecular weight is 563 g/mol. The average Bonchev–Trinajstić information content (AvgIpc) is 3.76. The first-order valence-corrected chi connectivity index (χ1v) is 14.1. The van der Waals surface area contributed by atoms with Gasteiger partial charge >= 0.3 is 0 Å². The molecule has 42 heavy (non-hydrogen) atoms. The minimum atomic E-state index is -0.348. The predicted octanol–water partition coefficient (Wildman–Crippen LogP) is 5.91. The van der Waals surface area contributed by atoms with Gasteiger partial charge in [-0.1, -0.05) is 12.1 Å². The Morgan fingerprint density at radius 2 is 1.81 bits per heavy atom. The number of imidazole rings is 1. The molecule has 0 radical (unpaired) electrons. The van der Waals surface area contributed by atoms with Crippen LogP contribution in [0, 0.1) is 5.82 Å². The van der Waals surface area contributed by atoms with E-state index in [2.05, 4.69) is 31.1 Å². The number of benzene rings is 2. The van der Waals surface area contributed by atoms with Gasteiger partial charge in [0, 0.05) is 44.0 Å². The van der Waals surface area contributed by atoms with Gasteiger partial charge in [-0.25, -0.2) is 14.4 Å². The maximum Gasteiger partial charge on any atom is 0.161 e. The zero-order valence-electron chi connectivity index (χ0n) is 23.6. The molecule has 0 spiro atoms. The van der Waals surface area contributed by atoms with Crippen molar-refractivity contribution in [3.8, 4) is 39.7 Å². The Bertz CT molecular complexity index is 1890. The van der Waals surface area contributed by atoms with Crippen molar-refractivity contribution in [1.29, 1.82) is 0 Å². The third-order valence-electron chi connectivity index (χ3n) is 7.74. The number of nitrogens with zero attached hydrogens (tertiary/aromatic N) is 6. The molecular weight excluding hydrogens is 531 g/mol. The molecule has 1 fully saturated rings. The zero-order valence-corrected chi connectivity index (χ0v) is 23.6. The lowest BCUT2D eigenvalue weighted by atomic mass is 10.0. The first-order chi connectivity index (χ1) is 20.5. The lowest BCUT2D eigenvalue weighted by Gasteiger charge is -2.15. The van der Waals surface area contributed by atoms with E-state index in [1.165, 1.54) is 25.0 Å². The summed E-state index contributed by atoms with van der Waals surface area (Å²) in [4.78, 5) is 22.0. The maximum absolute atomic E-state index is 14.7. The van der Waals surface area contributed by atoms with Crippen molar-refractivity contribution in [2.75, 3.05) is 45.2 Å². The van der Waals surface area contributed by atoms with Crippen LogP contribution in [0.5, 0.6) is 5.75 Å². The molecule has 0 bridgehead atoms. The number of aromatic amines is 2. The third-order valence-corrected chi connectivity index (χ3v) is 7.74. The van der Waals surface area contributed by atoms with Gasteiger partial charge in [0.05, 0.1) is 34.1 Å². The molecule has 2 aromatic carbocycles. The second-order valence-corrected chi connectivity index (χ2v) is 10.9. The number of H-pyrrole nitrogens is 2. The van der Waals surface area contributed by atoms with Crippen LogP contribution in [0.4, 0.5) is 10.1 Å². The van der Waals surface area contributed by atoms with Gasteiger partial charge in [0.25, 0.3) is 0 Å². The van der Waals surface area contributed by atoms with Crippen LogP contribution in [-0.2, 0) is 0 Å². The highest BCUT2D eigenvalue weighted by molar-refractivity contribution is 5.96. The van der Waals surface area contributed by atoms with Crippen molar-refractivity contribution in [3.63, 3.8) is 0 Å². The van der Waals surface area contributed by atoms with E-state index >= 15 is 0 Å². The normalized spacial score (nSPS) is 13.8. The monoisotopic (exact) mass is 562 g/mol. The van der Waals surface area contributed by atoms with Crippen molar-refractivity contribution in [2.45, 2.75) is 12.8 Å². The Morgan fingerprint density at radius 3 is 2.67 bits per heavy atom. The number of likely N-dealkylation sites (tertiary alicyclic amines) is 1. The predicted molar refractivity (Wildman–Crippen MR) is 163 cm³/mol. The largest absolute Gasteiger partial charge is 0.492 e. The third kappa shape index (κ3) is 5.05. The Labute approximate surface area is 242 Å². The number of hydrogen-bond donors (Lipinski definition) is 2. The van der Waals surface area contributed by atoms with E-state index < -0.39 is 0 Å². The number of rotatable bonds is 8. The number of hydrogen-bond acceptors (Lipinski definition) is 7. The zero-order chi connectivity index (χ0) is 28.6. The summed E-state index contributed by atoms with van der Waals surface area (Å²) in [6.45, 7) is 3.57. The molecule has 0 saturated carbocycles. The molecule has 1 saturated heterocycles. The molecule has 0 amide bonds. The van der Waals surface area contributed by atoms with E-state index in [1.807, 2.05) is 61.6 Å². The number of anilines is 1. The van der Waals surface area contributed by atoms with E-state index in [9.17, 15) is 4.39 Å². The molecule has 7 rings (SSSR count). The standard InChI is InChI=1S/C32H31FN8O/c1-40(2)23-15-21(18-34-19-23)26-8-9-28-30(35-26)31(39-38-28)32-36-27-7-5-6-25(29(27)37-32)20-14-22(33)17-24(16-20)42-13-12-41-10-3-4-11-41/h5-9,14-19H,3-4,10-13H2,1-2H3,(H,36,37)(H,38,39). The molecular formula is C32H31FN8O. The van der Waals surface area contributed by atoms with Gasteiger partial charge in [0.15, 0.2) is 11.5 Å². The molecule has 1 aliphatic rings. The van der Waals surface area contributed by atoms with Crippen molar-refractivity contribution in [2.24, 2.45) is 0 Å². The molecule has 0 atom stereocenters. The first-order valence-electron chi connectivity index (χ1n) is 14.1. The van der Waals surface area contributed by atoms with E-state index in [-0.39, 0.29) is 5.82 Å². The Balaban J connectivity index is 1.22. The van der Waals surface area contributed by atoms with Gasteiger partial charge in [-0.3, -0.25) is 15.0 Å². The van der Waals surface area contributed by atoms with Crippen molar-refractivity contribution >= 4 is 27.8 Å². The molecule has 9 nitrogen and oxygen atoms in total. The molecule has 10 heteroatoms. The highest BCUT2D eigenvalue weighted by Crippen LogP contribution is 2.34. The van der Waals surface area contributed by atoms with Crippen molar-refractivity contribution < 1.29 is 9.13 Å². The lowest BCUT2D eigenvalue weighted by Crippen LogP contribution is -2.25. The van der Waals surface area contributed by atoms with E-state index in [4.69, 9.17) is 14.7 Å². The summed E-state index contributed by atoms with van der Waals surface area (Å²) in [6, 6.07) is 16.6. The smallest absolute Gasteiger partial charge is 0.161 e. The Morgan fingerprint density at radius 1 is 0.929 bits per heavy atom. The first kappa shape index (κ1) is 26.1. The number of nitrogens with one attached hydrogen (secondary N) is 2. The molecule has 2 N–H and O–H groups in total. The van der Waals surface area contributed by atoms with Gasteiger partial charge in [-0.15, -0.1) is 0 Å². The summed E-state index contributed by atoms with van der Waals surface area (Å²) in [5.41, 5.74) is 7.83.